The highest BCUT2D eigenvalue weighted by atomic mass is 15.0. The predicted octanol–water partition coefficient (Wildman–Crippen LogP) is 10.2. The molecule has 0 saturated carbocycles. The summed E-state index contributed by atoms with van der Waals surface area (Å²) >= 11 is 0. The van der Waals surface area contributed by atoms with Gasteiger partial charge in [0, 0.05) is 33.0 Å². The molecule has 0 spiro atoms. The SMILES string of the molecule is C/C=C\C=C(/C)n1c2ccccc2c2cccc(-c3ccc4nc(-c5ccccc5)nc(C5=CCCC=C5)c4c3)c21. The summed E-state index contributed by atoms with van der Waals surface area (Å²) in [6.07, 6.45) is 15.2. The molecule has 0 atom stereocenters. The molecule has 0 amide bonds. The van der Waals surface area contributed by atoms with Crippen molar-refractivity contribution in [2.75, 3.05) is 0 Å². The first-order valence-electron chi connectivity index (χ1n) is 14.3. The lowest BCUT2D eigenvalue weighted by Crippen LogP contribution is -1.99. The molecule has 3 nitrogen and oxygen atoms in total. The fourth-order valence-electron chi connectivity index (χ4n) is 5.95. The van der Waals surface area contributed by atoms with Crippen molar-refractivity contribution in [2.45, 2.75) is 26.7 Å². The van der Waals surface area contributed by atoms with Crippen molar-refractivity contribution in [3.05, 3.63) is 133 Å². The third-order valence-corrected chi connectivity index (χ3v) is 7.88. The van der Waals surface area contributed by atoms with Gasteiger partial charge in [-0.3, -0.25) is 0 Å². The van der Waals surface area contributed by atoms with Gasteiger partial charge < -0.3 is 4.57 Å². The number of nitrogens with zero attached hydrogens (tertiary/aromatic N) is 3. The zero-order chi connectivity index (χ0) is 27.8. The lowest BCUT2D eigenvalue weighted by Gasteiger charge is -2.15. The summed E-state index contributed by atoms with van der Waals surface area (Å²) in [6.45, 7) is 4.23. The van der Waals surface area contributed by atoms with Crippen LogP contribution in [0.25, 0.3) is 66.5 Å². The summed E-state index contributed by atoms with van der Waals surface area (Å²) in [5.74, 6) is 0.757. The highest BCUT2D eigenvalue weighted by molar-refractivity contribution is 6.14. The third-order valence-electron chi connectivity index (χ3n) is 7.88. The van der Waals surface area contributed by atoms with Crippen LogP contribution >= 0.6 is 0 Å². The minimum absolute atomic E-state index is 0.757. The van der Waals surface area contributed by atoms with Crippen molar-refractivity contribution < 1.29 is 0 Å². The van der Waals surface area contributed by atoms with Crippen LogP contribution in [0.1, 0.15) is 32.4 Å². The molecular weight excluding hydrogens is 498 g/mol. The molecule has 3 heteroatoms. The van der Waals surface area contributed by atoms with E-state index in [1.807, 2.05) is 18.2 Å². The Labute approximate surface area is 240 Å². The van der Waals surface area contributed by atoms with E-state index in [9.17, 15) is 0 Å². The van der Waals surface area contributed by atoms with E-state index in [0.29, 0.717) is 0 Å². The smallest absolute Gasteiger partial charge is 0.160 e. The van der Waals surface area contributed by atoms with E-state index >= 15 is 0 Å². The number of hydrogen-bond donors (Lipinski definition) is 0. The highest BCUT2D eigenvalue weighted by Crippen LogP contribution is 2.39. The van der Waals surface area contributed by atoms with Gasteiger partial charge in [0.05, 0.1) is 22.2 Å². The van der Waals surface area contributed by atoms with Gasteiger partial charge in [0.2, 0.25) is 0 Å². The standard InChI is InChI=1S/C38H31N3/c1-3-4-14-26(2)41-35-22-12-11-19-31(35)32-21-13-20-30(37(32)41)29-23-24-34-33(25-29)36(27-15-7-5-8-16-27)40-38(39-34)28-17-9-6-10-18-28/h3-4,6-7,9-25H,5,8H2,1-2H3/b4-3-,26-14+. The van der Waals surface area contributed by atoms with Crippen molar-refractivity contribution in [2.24, 2.45) is 0 Å². The summed E-state index contributed by atoms with van der Waals surface area (Å²) in [7, 11) is 0. The van der Waals surface area contributed by atoms with Crippen LogP contribution in [0.2, 0.25) is 0 Å². The van der Waals surface area contributed by atoms with Crippen molar-refractivity contribution in [3.8, 4) is 22.5 Å². The lowest BCUT2D eigenvalue weighted by molar-refractivity contribution is 1.04. The summed E-state index contributed by atoms with van der Waals surface area (Å²) in [6, 6.07) is 32.2. The van der Waals surface area contributed by atoms with Crippen LogP contribution in [0.3, 0.4) is 0 Å². The maximum absolute atomic E-state index is 5.15. The predicted molar refractivity (Wildman–Crippen MR) is 175 cm³/mol. The Hall–Kier alpha value is -5.02. The largest absolute Gasteiger partial charge is 0.313 e. The Balaban J connectivity index is 1.51. The van der Waals surface area contributed by atoms with Crippen LogP contribution in [0.5, 0.6) is 0 Å². The van der Waals surface area contributed by atoms with E-state index in [1.165, 1.54) is 33.1 Å². The van der Waals surface area contributed by atoms with Gasteiger partial charge in [0.15, 0.2) is 5.82 Å². The van der Waals surface area contributed by atoms with E-state index in [4.69, 9.17) is 9.97 Å². The molecule has 0 saturated heterocycles. The van der Waals surface area contributed by atoms with Crippen LogP contribution in [0, 0.1) is 0 Å². The summed E-state index contributed by atoms with van der Waals surface area (Å²) in [4.78, 5) is 10.2. The zero-order valence-electron chi connectivity index (χ0n) is 23.4. The minimum Gasteiger partial charge on any atom is -0.313 e. The number of allylic oxidation sites excluding steroid dienone is 8. The van der Waals surface area contributed by atoms with Gasteiger partial charge in [-0.1, -0.05) is 103 Å². The van der Waals surface area contributed by atoms with Crippen LogP contribution in [0.4, 0.5) is 0 Å². The fraction of sp³-hybridized carbons (Fsp3) is 0.105. The Morgan fingerprint density at radius 3 is 2.44 bits per heavy atom. The van der Waals surface area contributed by atoms with Crippen LogP contribution in [-0.4, -0.2) is 14.5 Å². The molecule has 0 radical (unpaired) electrons. The maximum atomic E-state index is 5.15. The molecule has 1 aliphatic rings. The van der Waals surface area contributed by atoms with Gasteiger partial charge in [-0.05, 0) is 62.1 Å². The average molecular weight is 530 g/mol. The number of rotatable bonds is 5. The number of fused-ring (bicyclic) bond motifs is 4. The number of hydrogen-bond acceptors (Lipinski definition) is 2. The Kier molecular flexibility index (Phi) is 6.41. The first-order valence-corrected chi connectivity index (χ1v) is 14.3. The molecular formula is C38H31N3. The molecule has 6 aromatic rings. The second-order valence-corrected chi connectivity index (χ2v) is 10.5. The van der Waals surface area contributed by atoms with Crippen LogP contribution < -0.4 is 0 Å². The Morgan fingerprint density at radius 2 is 1.61 bits per heavy atom. The summed E-state index contributed by atoms with van der Waals surface area (Å²) in [5, 5.41) is 3.58. The average Bonchev–Trinajstić information content (AvgIpc) is 3.38. The number of aromatic nitrogens is 3. The molecule has 2 heterocycles. The lowest BCUT2D eigenvalue weighted by atomic mass is 9.96. The monoisotopic (exact) mass is 529 g/mol. The van der Waals surface area contributed by atoms with E-state index < -0.39 is 0 Å². The second-order valence-electron chi connectivity index (χ2n) is 10.5. The molecule has 0 aliphatic heterocycles. The van der Waals surface area contributed by atoms with E-state index in [2.05, 4.69) is 128 Å². The first kappa shape index (κ1) is 25.0. The minimum atomic E-state index is 0.757. The summed E-state index contributed by atoms with van der Waals surface area (Å²) in [5.41, 5.74) is 10.1. The molecule has 1 aliphatic carbocycles. The van der Waals surface area contributed by atoms with Gasteiger partial charge in [-0.2, -0.15) is 0 Å². The molecule has 2 aromatic heterocycles. The molecule has 7 rings (SSSR count). The van der Waals surface area contributed by atoms with Gasteiger partial charge in [0.1, 0.15) is 0 Å². The van der Waals surface area contributed by atoms with Gasteiger partial charge in [-0.15, -0.1) is 0 Å². The van der Waals surface area contributed by atoms with Crippen molar-refractivity contribution >= 4 is 44.0 Å². The number of benzene rings is 4. The highest BCUT2D eigenvalue weighted by Gasteiger charge is 2.18. The van der Waals surface area contributed by atoms with Crippen molar-refractivity contribution in [1.82, 2.24) is 14.5 Å². The summed E-state index contributed by atoms with van der Waals surface area (Å²) < 4.78 is 2.40. The zero-order valence-corrected chi connectivity index (χ0v) is 23.4. The quantitative estimate of drug-likeness (QED) is 0.208. The molecule has 0 fully saturated rings. The van der Waals surface area contributed by atoms with E-state index in [-0.39, 0.29) is 0 Å². The Morgan fingerprint density at radius 1 is 0.780 bits per heavy atom. The molecule has 0 N–H and O–H groups in total. The third kappa shape index (κ3) is 4.40. The van der Waals surface area contributed by atoms with Gasteiger partial charge in [-0.25, -0.2) is 9.97 Å². The second kappa shape index (κ2) is 10.5. The van der Waals surface area contributed by atoms with Crippen LogP contribution in [0.15, 0.2) is 127 Å². The molecule has 0 unspecified atom stereocenters. The van der Waals surface area contributed by atoms with E-state index in [0.717, 1.165) is 52.0 Å². The van der Waals surface area contributed by atoms with Crippen LogP contribution in [-0.2, 0) is 0 Å². The van der Waals surface area contributed by atoms with Crippen molar-refractivity contribution in [3.63, 3.8) is 0 Å². The maximum Gasteiger partial charge on any atom is 0.160 e. The normalized spacial score (nSPS) is 14.0. The van der Waals surface area contributed by atoms with Gasteiger partial charge in [0.25, 0.3) is 0 Å². The molecule has 0 bridgehead atoms. The topological polar surface area (TPSA) is 30.7 Å². The number of para-hydroxylation sites is 2. The fourth-order valence-corrected chi connectivity index (χ4v) is 5.95. The molecule has 41 heavy (non-hydrogen) atoms. The van der Waals surface area contributed by atoms with E-state index in [1.54, 1.807) is 0 Å². The first-order chi connectivity index (χ1) is 20.2. The molecule has 198 valence electrons. The van der Waals surface area contributed by atoms with Crippen molar-refractivity contribution in [1.29, 1.82) is 0 Å². The Bertz CT molecular complexity index is 2050. The molecule has 4 aromatic carbocycles. The van der Waals surface area contributed by atoms with Gasteiger partial charge >= 0.3 is 0 Å².